The number of amides is 1. The van der Waals surface area contributed by atoms with E-state index in [0.717, 1.165) is 10.7 Å². The molecule has 1 amide bonds. The van der Waals surface area contributed by atoms with Gasteiger partial charge < -0.3 is 10.5 Å². The van der Waals surface area contributed by atoms with E-state index >= 15 is 0 Å². The van der Waals surface area contributed by atoms with Gasteiger partial charge in [0.25, 0.3) is 0 Å². The van der Waals surface area contributed by atoms with E-state index in [1.165, 1.54) is 31.4 Å². The molecule has 0 spiro atoms. The Morgan fingerprint density at radius 3 is 2.68 bits per heavy atom. The van der Waals surface area contributed by atoms with Crippen LogP contribution in [0.15, 0.2) is 29.2 Å². The highest BCUT2D eigenvalue weighted by Gasteiger charge is 2.36. The number of hydrogen-bond donors (Lipinski definition) is 1. The van der Waals surface area contributed by atoms with Gasteiger partial charge in [0, 0.05) is 6.54 Å². The first-order chi connectivity index (χ1) is 10.4. The van der Waals surface area contributed by atoms with Crippen LogP contribution in [0, 0.1) is 0 Å². The number of hydrogen-bond acceptors (Lipinski definition) is 5. The summed E-state index contributed by atoms with van der Waals surface area (Å²) in [6.07, 6.45) is 1.83. The summed E-state index contributed by atoms with van der Waals surface area (Å²) in [5.41, 5.74) is 5.45. The first kappa shape index (κ1) is 16.4. The molecule has 1 aromatic rings. The van der Waals surface area contributed by atoms with Crippen molar-refractivity contribution < 1.29 is 22.7 Å². The van der Waals surface area contributed by atoms with Gasteiger partial charge in [0.1, 0.15) is 6.04 Å². The molecular formula is C14H18N2O5S. The third-order valence-corrected chi connectivity index (χ3v) is 5.55. The van der Waals surface area contributed by atoms with Crippen molar-refractivity contribution in [3.8, 4) is 0 Å². The van der Waals surface area contributed by atoms with Crippen molar-refractivity contribution >= 4 is 21.9 Å². The average Bonchev–Trinajstić information content (AvgIpc) is 2.54. The summed E-state index contributed by atoms with van der Waals surface area (Å²) in [5.74, 6) is -1.28. The summed E-state index contributed by atoms with van der Waals surface area (Å²) < 4.78 is 31.2. The highest BCUT2D eigenvalue weighted by Crippen LogP contribution is 2.25. The Bertz CT molecular complexity index is 686. The van der Waals surface area contributed by atoms with Crippen LogP contribution >= 0.6 is 0 Å². The molecule has 2 N–H and O–H groups in total. The van der Waals surface area contributed by atoms with Crippen LogP contribution in [-0.2, 0) is 19.6 Å². The van der Waals surface area contributed by atoms with Gasteiger partial charge in [0.05, 0.1) is 17.6 Å². The summed E-state index contributed by atoms with van der Waals surface area (Å²) >= 11 is 0. The molecule has 1 aliphatic rings. The van der Waals surface area contributed by atoms with E-state index in [4.69, 9.17) is 5.73 Å². The molecule has 0 bridgehead atoms. The number of methoxy groups -OCH3 is 1. The van der Waals surface area contributed by atoms with Gasteiger partial charge in [-0.15, -0.1) is 0 Å². The summed E-state index contributed by atoms with van der Waals surface area (Å²) in [6, 6.07) is 4.71. The van der Waals surface area contributed by atoms with Gasteiger partial charge in [-0.05, 0) is 31.0 Å². The zero-order valence-electron chi connectivity index (χ0n) is 12.2. The Hall–Kier alpha value is -1.93. The molecule has 0 aliphatic carbocycles. The van der Waals surface area contributed by atoms with Crippen molar-refractivity contribution in [2.45, 2.75) is 30.2 Å². The van der Waals surface area contributed by atoms with Gasteiger partial charge in [-0.1, -0.05) is 12.5 Å². The Morgan fingerprint density at radius 1 is 1.32 bits per heavy atom. The third kappa shape index (κ3) is 3.12. The SMILES string of the molecule is COC(=O)c1cccc(S(=O)(=O)N2CCCC[C@@H]2C(N)=O)c1. The van der Waals surface area contributed by atoms with Gasteiger partial charge in [0.15, 0.2) is 0 Å². The molecule has 120 valence electrons. The number of carbonyl (C=O) groups excluding carboxylic acids is 2. The smallest absolute Gasteiger partial charge is 0.337 e. The average molecular weight is 326 g/mol. The third-order valence-electron chi connectivity index (χ3n) is 3.64. The van der Waals surface area contributed by atoms with Gasteiger partial charge >= 0.3 is 5.97 Å². The summed E-state index contributed by atoms with van der Waals surface area (Å²) in [7, 11) is -2.68. The molecule has 8 heteroatoms. The lowest BCUT2D eigenvalue weighted by molar-refractivity contribution is -0.122. The molecule has 7 nitrogen and oxygen atoms in total. The molecule has 0 saturated carbocycles. The van der Waals surface area contributed by atoms with E-state index in [0.29, 0.717) is 12.8 Å². The fraction of sp³-hybridized carbons (Fsp3) is 0.429. The van der Waals surface area contributed by atoms with Crippen LogP contribution in [0.25, 0.3) is 0 Å². The molecule has 22 heavy (non-hydrogen) atoms. The first-order valence-corrected chi connectivity index (χ1v) is 8.31. The van der Waals surface area contributed by atoms with E-state index in [-0.39, 0.29) is 17.0 Å². The van der Waals surface area contributed by atoms with Crippen molar-refractivity contribution in [1.29, 1.82) is 0 Å². The number of nitrogens with two attached hydrogens (primary N) is 1. The van der Waals surface area contributed by atoms with Crippen molar-refractivity contribution in [3.05, 3.63) is 29.8 Å². The second-order valence-corrected chi connectivity index (χ2v) is 6.94. The normalized spacial score (nSPS) is 19.6. The Balaban J connectivity index is 2.41. The van der Waals surface area contributed by atoms with E-state index in [1.807, 2.05) is 0 Å². The molecule has 1 fully saturated rings. The minimum atomic E-state index is -3.90. The van der Waals surface area contributed by atoms with Crippen LogP contribution in [0.2, 0.25) is 0 Å². The monoisotopic (exact) mass is 326 g/mol. The molecule has 1 saturated heterocycles. The lowest BCUT2D eigenvalue weighted by Gasteiger charge is -2.32. The zero-order chi connectivity index (χ0) is 16.3. The molecule has 0 radical (unpaired) electrons. The van der Waals surface area contributed by atoms with Crippen LogP contribution in [0.5, 0.6) is 0 Å². The maximum atomic E-state index is 12.7. The summed E-state index contributed by atoms with van der Waals surface area (Å²) in [5, 5.41) is 0. The number of carbonyl (C=O) groups is 2. The van der Waals surface area contributed by atoms with Crippen LogP contribution in [0.4, 0.5) is 0 Å². The number of ether oxygens (including phenoxy) is 1. The van der Waals surface area contributed by atoms with Crippen LogP contribution in [0.1, 0.15) is 29.6 Å². The summed E-state index contributed by atoms with van der Waals surface area (Å²) in [4.78, 5) is 23.0. The number of primary amides is 1. The number of sulfonamides is 1. The van der Waals surface area contributed by atoms with E-state index < -0.39 is 27.9 Å². The highest BCUT2D eigenvalue weighted by molar-refractivity contribution is 7.89. The maximum absolute atomic E-state index is 12.7. The Kier molecular flexibility index (Phi) is 4.82. The molecule has 1 aliphatic heterocycles. The molecule has 0 unspecified atom stereocenters. The van der Waals surface area contributed by atoms with Gasteiger partial charge in [-0.3, -0.25) is 4.79 Å². The Labute approximate surface area is 129 Å². The largest absolute Gasteiger partial charge is 0.465 e. The number of rotatable bonds is 4. The lowest BCUT2D eigenvalue weighted by atomic mass is 10.0. The summed E-state index contributed by atoms with van der Waals surface area (Å²) in [6.45, 7) is 0.235. The standard InChI is InChI=1S/C14H18N2O5S/c1-21-14(18)10-5-4-6-11(9-10)22(19,20)16-8-3-2-7-12(16)13(15)17/h4-6,9,12H,2-3,7-8H2,1H3,(H2,15,17)/t12-/m1/s1. The maximum Gasteiger partial charge on any atom is 0.337 e. The minimum absolute atomic E-state index is 0.0523. The fourth-order valence-corrected chi connectivity index (χ4v) is 4.22. The van der Waals surface area contributed by atoms with Gasteiger partial charge in [-0.25, -0.2) is 13.2 Å². The molecule has 0 aromatic heterocycles. The number of nitrogens with zero attached hydrogens (tertiary/aromatic N) is 1. The Morgan fingerprint density at radius 2 is 2.05 bits per heavy atom. The van der Waals surface area contributed by atoms with Crippen molar-refractivity contribution in [2.75, 3.05) is 13.7 Å². The molecular weight excluding hydrogens is 308 g/mol. The van der Waals surface area contributed by atoms with Crippen LogP contribution in [0.3, 0.4) is 0 Å². The topological polar surface area (TPSA) is 107 Å². The van der Waals surface area contributed by atoms with Crippen LogP contribution < -0.4 is 5.73 Å². The fourth-order valence-electron chi connectivity index (χ4n) is 2.51. The van der Waals surface area contributed by atoms with Crippen molar-refractivity contribution in [1.82, 2.24) is 4.31 Å². The lowest BCUT2D eigenvalue weighted by Crippen LogP contribution is -2.50. The minimum Gasteiger partial charge on any atom is -0.465 e. The van der Waals surface area contributed by atoms with E-state index in [9.17, 15) is 18.0 Å². The van der Waals surface area contributed by atoms with Crippen molar-refractivity contribution in [3.63, 3.8) is 0 Å². The molecule has 2 rings (SSSR count). The predicted octanol–water partition coefficient (Wildman–Crippen LogP) is 0.502. The number of esters is 1. The second-order valence-electron chi connectivity index (χ2n) is 5.05. The van der Waals surface area contributed by atoms with Crippen molar-refractivity contribution in [2.24, 2.45) is 5.73 Å². The quantitative estimate of drug-likeness (QED) is 0.811. The zero-order valence-corrected chi connectivity index (χ0v) is 13.0. The van der Waals surface area contributed by atoms with Gasteiger partial charge in [-0.2, -0.15) is 4.31 Å². The van der Waals surface area contributed by atoms with Crippen LogP contribution in [-0.4, -0.2) is 44.3 Å². The second kappa shape index (κ2) is 6.45. The predicted molar refractivity (Wildman–Crippen MR) is 78.5 cm³/mol. The molecule has 1 heterocycles. The number of benzene rings is 1. The molecule has 1 aromatic carbocycles. The van der Waals surface area contributed by atoms with E-state index in [2.05, 4.69) is 4.74 Å². The first-order valence-electron chi connectivity index (χ1n) is 6.87. The number of piperidine rings is 1. The highest BCUT2D eigenvalue weighted by atomic mass is 32.2. The van der Waals surface area contributed by atoms with E-state index in [1.54, 1.807) is 0 Å². The van der Waals surface area contributed by atoms with Gasteiger partial charge in [0.2, 0.25) is 15.9 Å². The molecule has 1 atom stereocenters.